The number of nitrogens with zero attached hydrogens (tertiary/aromatic N) is 1. The summed E-state index contributed by atoms with van der Waals surface area (Å²) in [7, 11) is 0. The number of nitrogen functional groups attached to an aromatic ring is 1. The Hall–Kier alpha value is -1.88. The van der Waals surface area contributed by atoms with E-state index in [0.29, 0.717) is 10.6 Å². The SMILES string of the molecule is Cc1ccnc(Sc2cccc(F)c2)c1C(=N)N. The van der Waals surface area contributed by atoms with Crippen molar-refractivity contribution in [2.24, 2.45) is 5.73 Å². The average Bonchev–Trinajstić information content (AvgIpc) is 2.28. The van der Waals surface area contributed by atoms with E-state index in [9.17, 15) is 4.39 Å². The first kappa shape index (κ1) is 12.6. The van der Waals surface area contributed by atoms with Crippen LogP contribution in [0.5, 0.6) is 0 Å². The van der Waals surface area contributed by atoms with Gasteiger partial charge in [0.15, 0.2) is 0 Å². The Morgan fingerprint density at radius 3 is 2.83 bits per heavy atom. The minimum absolute atomic E-state index is 0.0282. The van der Waals surface area contributed by atoms with E-state index in [4.69, 9.17) is 11.1 Å². The largest absolute Gasteiger partial charge is 0.384 e. The molecule has 3 N–H and O–H groups in total. The number of hydrogen-bond donors (Lipinski definition) is 2. The summed E-state index contributed by atoms with van der Waals surface area (Å²) in [4.78, 5) is 4.94. The molecule has 0 bridgehead atoms. The number of nitrogens with two attached hydrogens (primary N) is 1. The minimum atomic E-state index is -0.294. The molecule has 18 heavy (non-hydrogen) atoms. The van der Waals surface area contributed by atoms with E-state index in [1.54, 1.807) is 24.4 Å². The van der Waals surface area contributed by atoms with Gasteiger partial charge in [-0.15, -0.1) is 0 Å². The molecule has 0 fully saturated rings. The molecule has 0 aliphatic rings. The van der Waals surface area contributed by atoms with Crippen molar-refractivity contribution in [3.8, 4) is 0 Å². The highest BCUT2D eigenvalue weighted by molar-refractivity contribution is 7.99. The summed E-state index contributed by atoms with van der Waals surface area (Å²) < 4.78 is 13.1. The number of hydrogen-bond acceptors (Lipinski definition) is 3. The van der Waals surface area contributed by atoms with Gasteiger partial charge in [-0.1, -0.05) is 17.8 Å². The van der Waals surface area contributed by atoms with Gasteiger partial charge in [0.05, 0.1) is 5.56 Å². The summed E-state index contributed by atoms with van der Waals surface area (Å²) in [5, 5.41) is 8.19. The molecule has 0 atom stereocenters. The van der Waals surface area contributed by atoms with Crippen molar-refractivity contribution in [2.75, 3.05) is 0 Å². The zero-order chi connectivity index (χ0) is 13.1. The Labute approximate surface area is 109 Å². The summed E-state index contributed by atoms with van der Waals surface area (Å²) >= 11 is 1.30. The molecule has 1 aromatic heterocycles. The second-order valence-corrected chi connectivity index (χ2v) is 4.84. The van der Waals surface area contributed by atoms with E-state index in [1.165, 1.54) is 23.9 Å². The zero-order valence-corrected chi connectivity index (χ0v) is 10.6. The molecule has 0 aliphatic heterocycles. The van der Waals surface area contributed by atoms with Crippen molar-refractivity contribution in [3.63, 3.8) is 0 Å². The van der Waals surface area contributed by atoms with Gasteiger partial charge in [0.2, 0.25) is 0 Å². The van der Waals surface area contributed by atoms with Crippen LogP contribution < -0.4 is 5.73 Å². The average molecular weight is 261 g/mol. The summed E-state index contributed by atoms with van der Waals surface area (Å²) in [5.41, 5.74) is 7.04. The highest BCUT2D eigenvalue weighted by atomic mass is 32.2. The highest BCUT2D eigenvalue weighted by Gasteiger charge is 2.11. The monoisotopic (exact) mass is 261 g/mol. The Bertz CT molecular complexity index is 599. The van der Waals surface area contributed by atoms with Gasteiger partial charge >= 0.3 is 0 Å². The van der Waals surface area contributed by atoms with Crippen molar-refractivity contribution < 1.29 is 4.39 Å². The van der Waals surface area contributed by atoms with E-state index in [-0.39, 0.29) is 11.7 Å². The minimum Gasteiger partial charge on any atom is -0.384 e. The Balaban J connectivity index is 2.40. The standard InChI is InChI=1S/C13H12FN3S/c1-8-5-6-17-13(11(8)12(15)16)18-10-4-2-3-9(14)7-10/h2-7H,1H3,(H3,15,16). The van der Waals surface area contributed by atoms with Crippen LogP contribution in [0.15, 0.2) is 46.5 Å². The Morgan fingerprint density at radius 1 is 1.39 bits per heavy atom. The quantitative estimate of drug-likeness (QED) is 0.659. The number of nitrogens with one attached hydrogen (secondary N) is 1. The molecular weight excluding hydrogens is 249 g/mol. The van der Waals surface area contributed by atoms with Crippen LogP contribution >= 0.6 is 11.8 Å². The predicted molar refractivity (Wildman–Crippen MR) is 70.5 cm³/mol. The molecule has 1 aromatic carbocycles. The van der Waals surface area contributed by atoms with Crippen LogP contribution in [0.4, 0.5) is 4.39 Å². The third kappa shape index (κ3) is 2.68. The van der Waals surface area contributed by atoms with E-state index < -0.39 is 0 Å². The van der Waals surface area contributed by atoms with Crippen LogP contribution in [0.25, 0.3) is 0 Å². The number of rotatable bonds is 3. The molecule has 2 aromatic rings. The van der Waals surface area contributed by atoms with Crippen LogP contribution in [0, 0.1) is 18.2 Å². The first-order valence-corrected chi connectivity index (χ1v) is 6.13. The number of halogens is 1. The third-order valence-electron chi connectivity index (χ3n) is 2.40. The van der Waals surface area contributed by atoms with E-state index >= 15 is 0 Å². The lowest BCUT2D eigenvalue weighted by Crippen LogP contribution is -2.14. The van der Waals surface area contributed by atoms with Crippen LogP contribution in [0.1, 0.15) is 11.1 Å². The van der Waals surface area contributed by atoms with Gasteiger partial charge in [0.25, 0.3) is 0 Å². The van der Waals surface area contributed by atoms with Gasteiger partial charge in [0, 0.05) is 11.1 Å². The summed E-state index contributed by atoms with van der Waals surface area (Å²) in [5.74, 6) is -0.323. The third-order valence-corrected chi connectivity index (χ3v) is 3.40. The summed E-state index contributed by atoms with van der Waals surface area (Å²) in [6, 6.07) is 8.05. The number of aryl methyl sites for hydroxylation is 1. The first-order chi connectivity index (χ1) is 8.58. The van der Waals surface area contributed by atoms with E-state index in [2.05, 4.69) is 4.98 Å². The Morgan fingerprint density at radius 2 is 2.17 bits per heavy atom. The molecule has 0 saturated carbocycles. The molecule has 2 rings (SSSR count). The van der Waals surface area contributed by atoms with Gasteiger partial charge in [-0.3, -0.25) is 5.41 Å². The molecule has 5 heteroatoms. The smallest absolute Gasteiger partial charge is 0.125 e. The first-order valence-electron chi connectivity index (χ1n) is 5.31. The molecule has 0 aliphatic carbocycles. The van der Waals surface area contributed by atoms with Gasteiger partial charge < -0.3 is 5.73 Å². The van der Waals surface area contributed by atoms with Gasteiger partial charge in [-0.05, 0) is 36.8 Å². The molecular formula is C13H12FN3S. The molecule has 0 amide bonds. The van der Waals surface area contributed by atoms with Crippen molar-refractivity contribution in [3.05, 3.63) is 53.5 Å². The van der Waals surface area contributed by atoms with E-state index in [0.717, 1.165) is 10.5 Å². The van der Waals surface area contributed by atoms with Crippen LogP contribution in [0.3, 0.4) is 0 Å². The fourth-order valence-electron chi connectivity index (χ4n) is 1.58. The second kappa shape index (κ2) is 5.18. The molecule has 1 heterocycles. The normalized spacial score (nSPS) is 10.3. The maximum atomic E-state index is 13.1. The fourth-order valence-corrected chi connectivity index (χ4v) is 2.61. The molecule has 0 radical (unpaired) electrons. The number of aromatic nitrogens is 1. The van der Waals surface area contributed by atoms with Gasteiger partial charge in [0.1, 0.15) is 16.7 Å². The molecule has 0 spiro atoms. The van der Waals surface area contributed by atoms with Gasteiger partial charge in [-0.2, -0.15) is 0 Å². The van der Waals surface area contributed by atoms with Crippen molar-refractivity contribution >= 4 is 17.6 Å². The molecule has 92 valence electrons. The lowest BCUT2D eigenvalue weighted by Gasteiger charge is -2.09. The lowest BCUT2D eigenvalue weighted by atomic mass is 10.1. The second-order valence-electron chi connectivity index (χ2n) is 3.78. The summed E-state index contributed by atoms with van der Waals surface area (Å²) in [6.07, 6.45) is 1.66. The van der Waals surface area contributed by atoms with Crippen molar-refractivity contribution in [1.82, 2.24) is 4.98 Å². The van der Waals surface area contributed by atoms with Crippen molar-refractivity contribution in [2.45, 2.75) is 16.8 Å². The maximum absolute atomic E-state index is 13.1. The van der Waals surface area contributed by atoms with Crippen LogP contribution in [0.2, 0.25) is 0 Å². The fraction of sp³-hybridized carbons (Fsp3) is 0.0769. The van der Waals surface area contributed by atoms with E-state index in [1.807, 2.05) is 6.92 Å². The number of benzene rings is 1. The number of pyridine rings is 1. The molecule has 0 saturated heterocycles. The summed E-state index contributed by atoms with van der Waals surface area (Å²) in [6.45, 7) is 1.87. The van der Waals surface area contributed by atoms with Gasteiger partial charge in [-0.25, -0.2) is 9.37 Å². The highest BCUT2D eigenvalue weighted by Crippen LogP contribution is 2.30. The van der Waals surface area contributed by atoms with Crippen molar-refractivity contribution in [1.29, 1.82) is 5.41 Å². The maximum Gasteiger partial charge on any atom is 0.125 e. The molecule has 0 unspecified atom stereocenters. The molecule has 3 nitrogen and oxygen atoms in total. The van der Waals surface area contributed by atoms with Crippen LogP contribution in [-0.4, -0.2) is 10.8 Å². The Kier molecular flexibility index (Phi) is 3.62. The zero-order valence-electron chi connectivity index (χ0n) is 9.77. The topological polar surface area (TPSA) is 62.8 Å². The predicted octanol–water partition coefficient (Wildman–Crippen LogP) is 2.96. The lowest BCUT2D eigenvalue weighted by molar-refractivity contribution is 0.624. The number of amidine groups is 1. The van der Waals surface area contributed by atoms with Crippen LogP contribution in [-0.2, 0) is 0 Å².